The van der Waals surface area contributed by atoms with E-state index in [2.05, 4.69) is 15.2 Å². The Morgan fingerprint density at radius 3 is 2.80 bits per heavy atom. The molecule has 3 heterocycles. The number of aliphatic hydroxyl groups is 1. The second-order valence-electron chi connectivity index (χ2n) is 8.79. The molecule has 30 heavy (non-hydrogen) atoms. The fraction of sp³-hybridized carbons (Fsp3) is 0.762. The lowest BCUT2D eigenvalue weighted by molar-refractivity contribution is -0.143. The van der Waals surface area contributed by atoms with Crippen molar-refractivity contribution in [2.24, 2.45) is 18.4 Å². The molecular weight excluding hydrogens is 386 g/mol. The summed E-state index contributed by atoms with van der Waals surface area (Å²) in [4.78, 5) is 34.9. The van der Waals surface area contributed by atoms with Gasteiger partial charge in [0.15, 0.2) is 5.82 Å². The highest BCUT2D eigenvalue weighted by atomic mass is 16.5. The van der Waals surface area contributed by atoms with Gasteiger partial charge in [-0.25, -0.2) is 4.98 Å². The van der Waals surface area contributed by atoms with Crippen molar-refractivity contribution in [3.63, 3.8) is 0 Å². The van der Waals surface area contributed by atoms with Crippen LogP contribution in [0.15, 0.2) is 12.4 Å². The molecule has 1 aromatic heterocycles. The largest absolute Gasteiger partial charge is 0.395 e. The van der Waals surface area contributed by atoms with Crippen LogP contribution in [0.25, 0.3) is 0 Å². The summed E-state index contributed by atoms with van der Waals surface area (Å²) in [6, 6.07) is 0.467. The number of hydrogen-bond acceptors (Lipinski definition) is 6. The predicted molar refractivity (Wildman–Crippen MR) is 110 cm³/mol. The van der Waals surface area contributed by atoms with Gasteiger partial charge in [-0.15, -0.1) is 0 Å². The second-order valence-corrected chi connectivity index (χ2v) is 8.79. The Labute approximate surface area is 177 Å². The van der Waals surface area contributed by atoms with Gasteiger partial charge in [-0.1, -0.05) is 0 Å². The zero-order valence-corrected chi connectivity index (χ0v) is 17.8. The normalized spacial score (nSPS) is 30.0. The van der Waals surface area contributed by atoms with Crippen LogP contribution in [0.1, 0.15) is 36.3 Å². The van der Waals surface area contributed by atoms with Gasteiger partial charge >= 0.3 is 0 Å². The fourth-order valence-corrected chi connectivity index (χ4v) is 5.51. The van der Waals surface area contributed by atoms with Gasteiger partial charge in [0.2, 0.25) is 5.91 Å². The summed E-state index contributed by atoms with van der Waals surface area (Å²) < 4.78 is 7.23. The van der Waals surface area contributed by atoms with Gasteiger partial charge in [0, 0.05) is 58.2 Å². The number of carbonyl (C=O) groups is 2. The molecule has 0 radical (unpaired) electrons. The first kappa shape index (κ1) is 21.3. The van der Waals surface area contributed by atoms with Gasteiger partial charge in [0.25, 0.3) is 5.91 Å². The van der Waals surface area contributed by atoms with E-state index in [4.69, 9.17) is 4.74 Å². The van der Waals surface area contributed by atoms with Crippen LogP contribution in [-0.4, -0.2) is 94.9 Å². The highest BCUT2D eigenvalue weighted by molar-refractivity contribution is 5.92. The Hall–Kier alpha value is -1.97. The fourth-order valence-electron chi connectivity index (χ4n) is 5.51. The molecule has 1 aliphatic carbocycles. The lowest BCUT2D eigenvalue weighted by Crippen LogP contribution is -2.61. The summed E-state index contributed by atoms with van der Waals surface area (Å²) in [5.74, 6) is 0.481. The van der Waals surface area contributed by atoms with Gasteiger partial charge in [0.1, 0.15) is 0 Å². The lowest BCUT2D eigenvalue weighted by atomic mass is 9.61. The van der Waals surface area contributed by atoms with E-state index in [1.165, 1.54) is 0 Å². The molecule has 1 aromatic rings. The molecule has 3 atom stereocenters. The summed E-state index contributed by atoms with van der Waals surface area (Å²) in [6.07, 6.45) is 6.85. The molecule has 2 aliphatic heterocycles. The third-order valence-electron chi connectivity index (χ3n) is 7.19. The number of aliphatic hydroxyl groups excluding tert-OH is 1. The Morgan fingerprint density at radius 2 is 2.10 bits per heavy atom. The van der Waals surface area contributed by atoms with E-state index in [9.17, 15) is 14.7 Å². The molecule has 0 aromatic carbocycles. The van der Waals surface area contributed by atoms with Crippen molar-refractivity contribution in [3.8, 4) is 0 Å². The third kappa shape index (κ3) is 3.98. The number of aromatic nitrogens is 2. The van der Waals surface area contributed by atoms with Crippen LogP contribution in [0, 0.1) is 11.3 Å². The Bertz CT molecular complexity index is 762. The van der Waals surface area contributed by atoms with Crippen molar-refractivity contribution < 1.29 is 19.4 Å². The van der Waals surface area contributed by atoms with Crippen molar-refractivity contribution in [1.29, 1.82) is 0 Å². The first-order chi connectivity index (χ1) is 14.5. The monoisotopic (exact) mass is 419 g/mol. The topological polar surface area (TPSA) is 99.9 Å². The molecular formula is C21H33N5O4. The summed E-state index contributed by atoms with van der Waals surface area (Å²) in [5.41, 5.74) is -0.600. The number of nitrogens with one attached hydrogen (secondary N) is 1. The number of rotatable bonds is 5. The molecule has 3 fully saturated rings. The number of piperidine rings is 1. The molecule has 2 saturated heterocycles. The van der Waals surface area contributed by atoms with E-state index in [0.29, 0.717) is 25.0 Å². The van der Waals surface area contributed by atoms with Crippen LogP contribution in [-0.2, 0) is 16.6 Å². The number of ether oxygens (including phenoxy) is 1. The van der Waals surface area contributed by atoms with Crippen LogP contribution in [0.4, 0.5) is 0 Å². The van der Waals surface area contributed by atoms with Crippen molar-refractivity contribution in [2.45, 2.75) is 31.7 Å². The predicted octanol–water partition coefficient (Wildman–Crippen LogP) is -0.138. The molecule has 9 nitrogen and oxygen atoms in total. The van der Waals surface area contributed by atoms with E-state index in [1.807, 2.05) is 7.05 Å². The number of hydrogen-bond donors (Lipinski definition) is 2. The van der Waals surface area contributed by atoms with E-state index >= 15 is 0 Å². The average molecular weight is 420 g/mol. The van der Waals surface area contributed by atoms with Crippen molar-refractivity contribution in [2.75, 3.05) is 52.5 Å². The van der Waals surface area contributed by atoms with E-state index in [1.54, 1.807) is 21.9 Å². The summed E-state index contributed by atoms with van der Waals surface area (Å²) in [5, 5.41) is 12.1. The van der Waals surface area contributed by atoms with Gasteiger partial charge in [-0.3, -0.25) is 14.5 Å². The van der Waals surface area contributed by atoms with Crippen molar-refractivity contribution in [1.82, 2.24) is 24.7 Å². The number of fused-ring (bicyclic) bond motifs is 1. The number of amides is 2. The van der Waals surface area contributed by atoms with Crippen LogP contribution in [0.2, 0.25) is 0 Å². The minimum Gasteiger partial charge on any atom is -0.395 e. The maximum atomic E-state index is 13.3. The molecule has 3 aliphatic rings. The molecule has 1 saturated carbocycles. The minimum atomic E-state index is -0.600. The molecule has 0 unspecified atom stereocenters. The molecule has 166 valence electrons. The van der Waals surface area contributed by atoms with E-state index < -0.39 is 5.41 Å². The van der Waals surface area contributed by atoms with Crippen molar-refractivity contribution >= 4 is 11.8 Å². The van der Waals surface area contributed by atoms with Gasteiger partial charge < -0.3 is 24.6 Å². The Balaban J connectivity index is 1.53. The smallest absolute Gasteiger partial charge is 0.289 e. The number of nitrogens with zero attached hydrogens (tertiary/aromatic N) is 4. The minimum absolute atomic E-state index is 0.0284. The molecule has 0 bridgehead atoms. The zero-order valence-electron chi connectivity index (χ0n) is 17.8. The number of likely N-dealkylation sites (tertiary alicyclic amines) is 1. The molecule has 2 N–H and O–H groups in total. The van der Waals surface area contributed by atoms with Crippen LogP contribution < -0.4 is 5.32 Å². The second kappa shape index (κ2) is 9.03. The van der Waals surface area contributed by atoms with E-state index in [-0.39, 0.29) is 30.9 Å². The molecule has 9 heteroatoms. The first-order valence-corrected chi connectivity index (χ1v) is 11.0. The molecule has 0 spiro atoms. The number of morpholine rings is 1. The summed E-state index contributed by atoms with van der Waals surface area (Å²) in [7, 11) is 1.81. The van der Waals surface area contributed by atoms with Crippen LogP contribution in [0.3, 0.4) is 0 Å². The quantitative estimate of drug-likeness (QED) is 0.689. The summed E-state index contributed by atoms with van der Waals surface area (Å²) in [6.45, 7) is 4.66. The standard InChI is InChI=1S/C21H33N5O4/c1-24-8-5-22-18(24)19(28)26-7-3-16-14-17(25-9-12-30-13-10-25)2-4-21(16,15-26)20(29)23-6-11-27/h5,8,16-17,27H,2-4,6-7,9-15H2,1H3,(H,23,29)/t16-,17+,21-/m1/s1. The number of carbonyl (C=O) groups excluding carboxylic acids is 2. The zero-order chi connectivity index (χ0) is 21.1. The highest BCUT2D eigenvalue weighted by Gasteiger charge is 2.53. The van der Waals surface area contributed by atoms with Crippen molar-refractivity contribution in [3.05, 3.63) is 18.2 Å². The maximum Gasteiger partial charge on any atom is 0.289 e. The lowest BCUT2D eigenvalue weighted by Gasteiger charge is -2.53. The molecule has 4 rings (SSSR count). The average Bonchev–Trinajstić information content (AvgIpc) is 3.22. The third-order valence-corrected chi connectivity index (χ3v) is 7.19. The molecule has 2 amide bonds. The summed E-state index contributed by atoms with van der Waals surface area (Å²) >= 11 is 0. The SMILES string of the molecule is Cn1ccnc1C(=O)N1CC[C@@H]2C[C@@H](N3CCOCC3)CC[C@@]2(C(=O)NCCO)C1. The van der Waals surface area contributed by atoms with Crippen LogP contribution >= 0.6 is 0 Å². The van der Waals surface area contributed by atoms with Gasteiger partial charge in [-0.05, 0) is 31.6 Å². The van der Waals surface area contributed by atoms with Crippen LogP contribution in [0.5, 0.6) is 0 Å². The van der Waals surface area contributed by atoms with Gasteiger partial charge in [0.05, 0.1) is 25.2 Å². The number of aryl methyl sites for hydroxylation is 1. The van der Waals surface area contributed by atoms with Gasteiger partial charge in [-0.2, -0.15) is 0 Å². The highest BCUT2D eigenvalue weighted by Crippen LogP contribution is 2.48. The maximum absolute atomic E-state index is 13.3. The Morgan fingerprint density at radius 1 is 1.30 bits per heavy atom. The Kier molecular flexibility index (Phi) is 6.40. The number of imidazole rings is 1. The van der Waals surface area contributed by atoms with E-state index in [0.717, 1.165) is 52.0 Å². The first-order valence-electron chi connectivity index (χ1n) is 11.0.